The normalized spacial score (nSPS) is 13.2. The number of halogens is 3. The number of benzene rings is 2. The van der Waals surface area contributed by atoms with Gasteiger partial charge in [0, 0.05) is 24.7 Å². The molecule has 0 fully saturated rings. The first kappa shape index (κ1) is 24.8. The van der Waals surface area contributed by atoms with E-state index in [4.69, 9.17) is 16.3 Å². The van der Waals surface area contributed by atoms with Gasteiger partial charge in [0.15, 0.2) is 5.02 Å². The van der Waals surface area contributed by atoms with Crippen LogP contribution < -0.4 is 10.3 Å². The minimum Gasteiger partial charge on any atom is -0.471 e. The summed E-state index contributed by atoms with van der Waals surface area (Å²) in [6.07, 6.45) is 0.00915. The molecule has 2 heterocycles. The summed E-state index contributed by atoms with van der Waals surface area (Å²) >= 11 is 6.24. The van der Waals surface area contributed by atoms with Gasteiger partial charge in [-0.15, -0.1) is 0 Å². The van der Waals surface area contributed by atoms with Crippen molar-refractivity contribution in [2.24, 2.45) is 0 Å². The standard InChI is InChI=1S/C25H24ClF2N3O4/c1-14-29-23(35-13-16-4-6-18(27)9-20(16)28)22(26)24(33)31(14)19-7-5-15-11-30(12-17(15)8-19)21(32)10-25(2,3)34/h4-9,34H,10-13H2,1-3H3. The zero-order chi connectivity index (χ0) is 25.5. The number of aromatic nitrogens is 2. The highest BCUT2D eigenvalue weighted by atomic mass is 35.5. The van der Waals surface area contributed by atoms with Crippen LogP contribution in [0, 0.1) is 18.6 Å². The Bertz CT molecular complexity index is 1370. The van der Waals surface area contributed by atoms with Crippen molar-refractivity contribution in [1.82, 2.24) is 14.5 Å². The molecule has 1 amide bonds. The number of hydrogen-bond donors (Lipinski definition) is 1. The maximum absolute atomic E-state index is 13.9. The Hall–Kier alpha value is -3.30. The van der Waals surface area contributed by atoms with Crippen LogP contribution >= 0.6 is 11.6 Å². The maximum atomic E-state index is 13.9. The quantitative estimate of drug-likeness (QED) is 0.548. The zero-order valence-electron chi connectivity index (χ0n) is 19.4. The van der Waals surface area contributed by atoms with E-state index in [1.54, 1.807) is 37.8 Å². The number of carbonyl (C=O) groups is 1. The molecule has 0 radical (unpaired) electrons. The molecule has 2 aromatic carbocycles. The van der Waals surface area contributed by atoms with Crippen molar-refractivity contribution in [3.05, 3.63) is 85.9 Å². The summed E-state index contributed by atoms with van der Waals surface area (Å²) in [4.78, 5) is 31.5. The number of aryl methyl sites for hydroxylation is 1. The van der Waals surface area contributed by atoms with Crippen LogP contribution in [0.25, 0.3) is 5.69 Å². The topological polar surface area (TPSA) is 84.7 Å². The second kappa shape index (κ2) is 9.39. The molecule has 10 heteroatoms. The van der Waals surface area contributed by atoms with Gasteiger partial charge in [-0.05, 0) is 56.2 Å². The summed E-state index contributed by atoms with van der Waals surface area (Å²) in [6, 6.07) is 8.46. The summed E-state index contributed by atoms with van der Waals surface area (Å²) < 4.78 is 33.8. The minimum absolute atomic E-state index is 0.00915. The van der Waals surface area contributed by atoms with Crippen LogP contribution in [0.4, 0.5) is 8.78 Å². The van der Waals surface area contributed by atoms with Crippen molar-refractivity contribution in [3.63, 3.8) is 0 Å². The van der Waals surface area contributed by atoms with Gasteiger partial charge in [-0.3, -0.25) is 14.2 Å². The summed E-state index contributed by atoms with van der Waals surface area (Å²) in [5.74, 6) is -1.51. The van der Waals surface area contributed by atoms with Gasteiger partial charge in [-0.2, -0.15) is 4.98 Å². The molecule has 1 aromatic heterocycles. The van der Waals surface area contributed by atoms with Gasteiger partial charge in [0.1, 0.15) is 24.1 Å². The minimum atomic E-state index is -1.10. The fourth-order valence-electron chi connectivity index (χ4n) is 3.95. The first-order valence-corrected chi connectivity index (χ1v) is 11.3. The Morgan fingerprint density at radius 2 is 1.89 bits per heavy atom. The van der Waals surface area contributed by atoms with E-state index in [2.05, 4.69) is 4.98 Å². The summed E-state index contributed by atoms with van der Waals surface area (Å²) in [5, 5.41) is 9.67. The van der Waals surface area contributed by atoms with E-state index < -0.39 is 22.8 Å². The monoisotopic (exact) mass is 503 g/mol. The lowest BCUT2D eigenvalue weighted by Crippen LogP contribution is -2.33. The first-order chi connectivity index (χ1) is 16.4. The molecule has 1 N–H and O–H groups in total. The molecule has 1 aliphatic rings. The molecule has 4 rings (SSSR count). The fourth-order valence-corrected chi connectivity index (χ4v) is 4.13. The van der Waals surface area contributed by atoms with E-state index in [1.807, 2.05) is 6.07 Å². The van der Waals surface area contributed by atoms with Crippen LogP contribution in [-0.2, 0) is 24.5 Å². The highest BCUT2D eigenvalue weighted by molar-refractivity contribution is 6.31. The highest BCUT2D eigenvalue weighted by Gasteiger charge is 2.28. The molecule has 3 aromatic rings. The predicted molar refractivity (Wildman–Crippen MR) is 125 cm³/mol. The van der Waals surface area contributed by atoms with Crippen LogP contribution in [0.2, 0.25) is 5.02 Å². The largest absolute Gasteiger partial charge is 0.471 e. The Balaban J connectivity index is 1.57. The van der Waals surface area contributed by atoms with Crippen molar-refractivity contribution in [1.29, 1.82) is 0 Å². The Labute approximate surface area is 205 Å². The molecule has 0 spiro atoms. The number of hydrogen-bond acceptors (Lipinski definition) is 5. The average Bonchev–Trinajstić information content (AvgIpc) is 3.19. The lowest BCUT2D eigenvalue weighted by molar-refractivity contribution is -0.135. The van der Waals surface area contributed by atoms with E-state index in [0.29, 0.717) is 24.6 Å². The van der Waals surface area contributed by atoms with E-state index in [9.17, 15) is 23.5 Å². The molecule has 0 unspecified atom stereocenters. The first-order valence-electron chi connectivity index (χ1n) is 10.9. The molecule has 0 saturated carbocycles. The number of amides is 1. The second-order valence-electron chi connectivity index (χ2n) is 9.14. The number of fused-ring (bicyclic) bond motifs is 1. The Morgan fingerprint density at radius 1 is 1.17 bits per heavy atom. The Kier molecular flexibility index (Phi) is 6.66. The lowest BCUT2D eigenvalue weighted by atomic mass is 10.1. The number of carbonyl (C=O) groups excluding carboxylic acids is 1. The average molecular weight is 504 g/mol. The molecule has 0 atom stereocenters. The van der Waals surface area contributed by atoms with Crippen LogP contribution in [0.15, 0.2) is 41.2 Å². The van der Waals surface area contributed by atoms with Crippen molar-refractivity contribution in [2.45, 2.75) is 52.5 Å². The van der Waals surface area contributed by atoms with Gasteiger partial charge >= 0.3 is 0 Å². The molecule has 0 bridgehead atoms. The van der Waals surface area contributed by atoms with E-state index in [1.165, 1.54) is 10.6 Å². The number of nitrogens with zero attached hydrogens (tertiary/aromatic N) is 3. The van der Waals surface area contributed by atoms with Crippen LogP contribution in [0.1, 0.15) is 42.8 Å². The maximum Gasteiger partial charge on any atom is 0.280 e. The second-order valence-corrected chi connectivity index (χ2v) is 9.51. The SMILES string of the molecule is Cc1nc(OCc2ccc(F)cc2F)c(Cl)c(=O)n1-c1ccc2c(c1)CN(C(=O)CC(C)(C)O)C2. The van der Waals surface area contributed by atoms with Gasteiger partial charge in [-0.1, -0.05) is 17.7 Å². The molecule has 184 valence electrons. The highest BCUT2D eigenvalue weighted by Crippen LogP contribution is 2.28. The third-order valence-corrected chi connectivity index (χ3v) is 5.98. The smallest absolute Gasteiger partial charge is 0.280 e. The lowest BCUT2D eigenvalue weighted by Gasteiger charge is -2.21. The van der Waals surface area contributed by atoms with Gasteiger partial charge < -0.3 is 14.7 Å². The summed E-state index contributed by atoms with van der Waals surface area (Å²) in [6.45, 7) is 5.27. The number of ether oxygens (including phenoxy) is 1. The van der Waals surface area contributed by atoms with E-state index >= 15 is 0 Å². The zero-order valence-corrected chi connectivity index (χ0v) is 20.2. The van der Waals surface area contributed by atoms with Crippen molar-refractivity contribution in [2.75, 3.05) is 0 Å². The van der Waals surface area contributed by atoms with Crippen LogP contribution in [-0.4, -0.2) is 31.1 Å². The molecular weight excluding hydrogens is 480 g/mol. The summed E-state index contributed by atoms with van der Waals surface area (Å²) in [7, 11) is 0. The molecule has 7 nitrogen and oxygen atoms in total. The molecule has 0 saturated heterocycles. The van der Waals surface area contributed by atoms with Gasteiger partial charge in [-0.25, -0.2) is 8.78 Å². The van der Waals surface area contributed by atoms with Crippen LogP contribution in [0.3, 0.4) is 0 Å². The van der Waals surface area contributed by atoms with Crippen molar-refractivity contribution >= 4 is 17.5 Å². The third kappa shape index (κ3) is 5.36. The number of aliphatic hydroxyl groups is 1. The molecule has 35 heavy (non-hydrogen) atoms. The van der Waals surface area contributed by atoms with E-state index in [0.717, 1.165) is 23.3 Å². The fraction of sp³-hybridized carbons (Fsp3) is 0.320. The van der Waals surface area contributed by atoms with Gasteiger partial charge in [0.2, 0.25) is 11.8 Å². The Morgan fingerprint density at radius 3 is 2.57 bits per heavy atom. The van der Waals surface area contributed by atoms with Gasteiger partial charge in [0.25, 0.3) is 5.56 Å². The van der Waals surface area contributed by atoms with Crippen molar-refractivity contribution in [3.8, 4) is 11.6 Å². The molecular formula is C25H24ClF2N3O4. The predicted octanol–water partition coefficient (Wildman–Crippen LogP) is 4.05. The van der Waals surface area contributed by atoms with Crippen LogP contribution in [0.5, 0.6) is 5.88 Å². The summed E-state index contributed by atoms with van der Waals surface area (Å²) in [5.41, 5.74) is 0.768. The van der Waals surface area contributed by atoms with E-state index in [-0.39, 0.29) is 35.4 Å². The molecule has 1 aliphatic heterocycles. The van der Waals surface area contributed by atoms with Gasteiger partial charge in [0.05, 0.1) is 17.7 Å². The number of rotatable bonds is 6. The molecule has 0 aliphatic carbocycles. The van der Waals surface area contributed by atoms with Crippen molar-refractivity contribution < 1.29 is 23.4 Å². The third-order valence-electron chi connectivity index (χ3n) is 5.65.